The molecule has 1 aromatic heterocycles. The van der Waals surface area contributed by atoms with Gasteiger partial charge in [-0.2, -0.15) is 5.10 Å². The number of carboxylic acid groups (broad SMARTS) is 1. The first-order valence-electron chi connectivity index (χ1n) is 11.1. The van der Waals surface area contributed by atoms with Crippen LogP contribution in [0, 0.1) is 5.82 Å². The van der Waals surface area contributed by atoms with Crippen LogP contribution in [0.2, 0.25) is 5.02 Å². The number of aromatic nitrogens is 2. The third-order valence-corrected chi connectivity index (χ3v) is 5.61. The first-order chi connectivity index (χ1) is 16.4. The Hall–Kier alpha value is -3.59. The number of halogens is 2. The van der Waals surface area contributed by atoms with Crippen molar-refractivity contribution in [1.82, 2.24) is 15.1 Å². The summed E-state index contributed by atoms with van der Waals surface area (Å²) in [7, 11) is 0. The summed E-state index contributed by atoms with van der Waals surface area (Å²) in [5, 5.41) is 19.0. The van der Waals surface area contributed by atoms with Gasteiger partial charge in [-0.15, -0.1) is 0 Å². The molecule has 0 saturated heterocycles. The fourth-order valence-corrected chi connectivity index (χ4v) is 3.65. The normalized spacial score (nSPS) is 13.4. The lowest BCUT2D eigenvalue weighted by molar-refractivity contribution is 0.0985. The molecule has 8 nitrogen and oxygen atoms in total. The Morgan fingerprint density at radius 2 is 1.97 bits per heavy atom. The van der Waals surface area contributed by atoms with Gasteiger partial charge in [0.25, 0.3) is 5.91 Å². The number of anilines is 3. The minimum absolute atomic E-state index is 0.142. The maximum Gasteiger partial charge on any atom is 0.404 e. The van der Waals surface area contributed by atoms with E-state index in [4.69, 9.17) is 16.7 Å². The molecule has 1 fully saturated rings. The summed E-state index contributed by atoms with van der Waals surface area (Å²) in [6, 6.07) is 9.14. The number of aryl methyl sites for hydroxylation is 1. The predicted octanol–water partition coefficient (Wildman–Crippen LogP) is 5.54. The molecular weight excluding hydrogens is 461 g/mol. The molecule has 10 heteroatoms. The Labute approximate surface area is 201 Å². The summed E-state index contributed by atoms with van der Waals surface area (Å²) >= 11 is 6.18. The van der Waals surface area contributed by atoms with Crippen molar-refractivity contribution in [3.63, 3.8) is 0 Å². The van der Waals surface area contributed by atoms with E-state index in [-0.39, 0.29) is 24.2 Å². The van der Waals surface area contributed by atoms with Gasteiger partial charge in [-0.3, -0.25) is 4.79 Å². The van der Waals surface area contributed by atoms with E-state index in [1.165, 1.54) is 36.3 Å². The van der Waals surface area contributed by atoms with E-state index in [1.807, 2.05) is 6.92 Å². The number of nitrogens with one attached hydrogen (secondary N) is 2. The predicted molar refractivity (Wildman–Crippen MR) is 128 cm³/mol. The van der Waals surface area contributed by atoms with E-state index < -0.39 is 17.8 Å². The van der Waals surface area contributed by atoms with Crippen LogP contribution in [-0.2, 0) is 19.6 Å². The molecule has 34 heavy (non-hydrogen) atoms. The topological polar surface area (TPSA) is 99.5 Å². The van der Waals surface area contributed by atoms with Crippen molar-refractivity contribution in [3.8, 4) is 0 Å². The van der Waals surface area contributed by atoms with Crippen molar-refractivity contribution in [2.24, 2.45) is 0 Å². The molecule has 2 aliphatic rings. The molecule has 1 aliphatic heterocycles. The first-order valence-corrected chi connectivity index (χ1v) is 11.4. The zero-order chi connectivity index (χ0) is 24.2. The van der Waals surface area contributed by atoms with Gasteiger partial charge < -0.3 is 20.6 Å². The van der Waals surface area contributed by atoms with Gasteiger partial charge in [0.15, 0.2) is 0 Å². The van der Waals surface area contributed by atoms with E-state index in [2.05, 4.69) is 15.7 Å². The number of nitrogens with zero attached hydrogens (tertiary/aromatic N) is 3. The van der Waals surface area contributed by atoms with Crippen LogP contribution < -0.4 is 15.5 Å². The highest BCUT2D eigenvalue weighted by atomic mass is 35.5. The molecule has 3 aromatic rings. The van der Waals surface area contributed by atoms with Gasteiger partial charge in [0, 0.05) is 34.8 Å². The fourth-order valence-electron chi connectivity index (χ4n) is 3.48. The number of hydrogen-bond acceptors (Lipinski definition) is 4. The van der Waals surface area contributed by atoms with Gasteiger partial charge in [0.05, 0.1) is 24.1 Å². The second-order valence-electron chi connectivity index (χ2n) is 8.04. The van der Waals surface area contributed by atoms with E-state index in [0.717, 1.165) is 17.4 Å². The molecule has 178 valence electrons. The summed E-state index contributed by atoms with van der Waals surface area (Å²) in [4.78, 5) is 25.6. The van der Waals surface area contributed by atoms with Gasteiger partial charge in [-0.05, 0) is 37.3 Å². The van der Waals surface area contributed by atoms with Gasteiger partial charge in [-0.1, -0.05) is 36.9 Å². The average Bonchev–Trinajstić information content (AvgIpc) is 3.66. The third kappa shape index (κ3) is 5.31. The average molecular weight is 486 g/mol. The smallest absolute Gasteiger partial charge is 0.404 e. The molecule has 0 spiro atoms. The monoisotopic (exact) mass is 485 g/mol. The molecule has 2 heterocycles. The maximum atomic E-state index is 14.5. The quantitative estimate of drug-likeness (QED) is 0.450. The summed E-state index contributed by atoms with van der Waals surface area (Å²) in [5.41, 5.74) is 2.34. The number of benzene rings is 2. The lowest BCUT2D eigenvalue weighted by Gasteiger charge is -2.23. The number of hydrogen-bond donors (Lipinski definition) is 3. The highest BCUT2D eigenvalue weighted by Gasteiger charge is 2.27. The Morgan fingerprint density at radius 1 is 1.21 bits per heavy atom. The highest BCUT2D eigenvalue weighted by molar-refractivity contribution is 6.31. The van der Waals surface area contributed by atoms with E-state index in [1.54, 1.807) is 29.1 Å². The second-order valence-corrected chi connectivity index (χ2v) is 8.47. The van der Waals surface area contributed by atoms with Crippen LogP contribution in [0.15, 0.2) is 42.6 Å². The molecule has 0 atom stereocenters. The van der Waals surface area contributed by atoms with Crippen LogP contribution in [0.5, 0.6) is 0 Å². The minimum atomic E-state index is -1.25. The number of fused-ring (bicyclic) bond motifs is 2. The molecule has 3 N–H and O–H groups in total. The van der Waals surface area contributed by atoms with Crippen LogP contribution in [0.25, 0.3) is 0 Å². The summed E-state index contributed by atoms with van der Waals surface area (Å²) < 4.78 is 16.3. The minimum Gasteiger partial charge on any atom is -0.465 e. The van der Waals surface area contributed by atoms with Crippen LogP contribution in [0.3, 0.4) is 0 Å². The lowest BCUT2D eigenvalue weighted by Crippen LogP contribution is -2.30. The van der Waals surface area contributed by atoms with Crippen molar-refractivity contribution in [3.05, 3.63) is 70.1 Å². The summed E-state index contributed by atoms with van der Waals surface area (Å²) in [6.07, 6.45) is 4.94. The molecule has 5 rings (SSSR count). The van der Waals surface area contributed by atoms with Crippen molar-refractivity contribution < 1.29 is 19.1 Å². The molecule has 1 aliphatic carbocycles. The van der Waals surface area contributed by atoms with Gasteiger partial charge in [-0.25, -0.2) is 13.9 Å². The molecular formula is C24H25ClFN5O3. The van der Waals surface area contributed by atoms with Gasteiger partial charge in [0.2, 0.25) is 0 Å². The van der Waals surface area contributed by atoms with Gasteiger partial charge in [0.1, 0.15) is 11.6 Å². The molecule has 0 unspecified atom stereocenters. The molecule has 1 saturated carbocycles. The van der Waals surface area contributed by atoms with E-state index >= 15 is 0 Å². The third-order valence-electron chi connectivity index (χ3n) is 5.37. The molecule has 0 radical (unpaired) electrons. The van der Waals surface area contributed by atoms with Crippen LogP contribution in [0.1, 0.15) is 47.7 Å². The lowest BCUT2D eigenvalue weighted by atomic mass is 10.1. The number of carbonyl (C=O) groups excluding carboxylic acids is 1. The van der Waals surface area contributed by atoms with Crippen molar-refractivity contribution in [2.75, 3.05) is 10.2 Å². The molecule has 2 aromatic carbocycles. The Morgan fingerprint density at radius 3 is 2.62 bits per heavy atom. The maximum absolute atomic E-state index is 14.5. The summed E-state index contributed by atoms with van der Waals surface area (Å²) in [6.45, 7) is 2.65. The number of carbonyl (C=O) groups is 2. The van der Waals surface area contributed by atoms with Crippen LogP contribution >= 0.6 is 11.6 Å². The van der Waals surface area contributed by atoms with Crippen molar-refractivity contribution in [2.45, 2.75) is 45.8 Å². The SMILES string of the molecule is C1CC1.CCn1ncc2c1Nc1cc(Cl)ccc1N(C(=O)c1ccc(CNC(=O)O)c(F)c1)C2. The summed E-state index contributed by atoms with van der Waals surface area (Å²) in [5.74, 6) is -0.301. The Kier molecular flexibility index (Phi) is 7.02. The van der Waals surface area contributed by atoms with E-state index in [9.17, 15) is 14.0 Å². The molecule has 0 bridgehead atoms. The van der Waals surface area contributed by atoms with Gasteiger partial charge >= 0.3 is 6.09 Å². The van der Waals surface area contributed by atoms with Crippen molar-refractivity contribution in [1.29, 1.82) is 0 Å². The number of amides is 2. The number of rotatable bonds is 4. The van der Waals surface area contributed by atoms with Crippen LogP contribution in [-0.4, -0.2) is 26.9 Å². The van der Waals surface area contributed by atoms with Crippen molar-refractivity contribution >= 4 is 40.8 Å². The zero-order valence-corrected chi connectivity index (χ0v) is 19.4. The highest BCUT2D eigenvalue weighted by Crippen LogP contribution is 2.38. The second kappa shape index (κ2) is 10.1. The Bertz CT molecular complexity index is 1220. The Balaban J connectivity index is 0.000000846. The zero-order valence-electron chi connectivity index (χ0n) is 18.6. The first kappa shape index (κ1) is 23.6. The fraction of sp³-hybridized carbons (Fsp3) is 0.292. The van der Waals surface area contributed by atoms with Crippen LogP contribution in [0.4, 0.5) is 26.4 Å². The van der Waals surface area contributed by atoms with E-state index in [0.29, 0.717) is 22.9 Å². The largest absolute Gasteiger partial charge is 0.465 e. The molecule has 2 amide bonds. The standard InChI is InChI=1S/C21H19ClFN5O3.C3H6/c1-2-28-19-14(10-25-28)11-27(18-6-5-15(22)8-17(18)26-19)20(29)12-3-4-13(16(23)7-12)9-24-21(30)31;1-2-3-1/h3-8,10,24,26H,2,9,11H2,1H3,(H,30,31);1-3H2.